The van der Waals surface area contributed by atoms with Gasteiger partial charge >= 0.3 is 0 Å². The van der Waals surface area contributed by atoms with E-state index in [4.69, 9.17) is 4.98 Å². The largest absolute Gasteiger partial charge is 0.352 e. The number of fused-ring (bicyclic) bond motifs is 1. The molecule has 4 heteroatoms. The summed E-state index contributed by atoms with van der Waals surface area (Å²) in [5, 5.41) is 2.91. The smallest absolute Gasteiger partial charge is 0.244 e. The first-order valence-electron chi connectivity index (χ1n) is 8.95. The van der Waals surface area contributed by atoms with Crippen molar-refractivity contribution in [3.63, 3.8) is 0 Å². The standard InChI is InChI=1S/C22H25N3O/c1-15(2)14-23-21(26)10-9-19-22(18-7-5-16(3)6-8-18)24-20-13-17(4)11-12-25(19)20/h5-13,15H,14H2,1-4H3,(H,23,26)/b10-9+. The Morgan fingerprint density at radius 3 is 2.58 bits per heavy atom. The molecule has 134 valence electrons. The number of hydrogen-bond donors (Lipinski definition) is 1. The molecule has 0 aliphatic heterocycles. The highest BCUT2D eigenvalue weighted by atomic mass is 16.1. The van der Waals surface area contributed by atoms with Crippen LogP contribution in [0.4, 0.5) is 0 Å². The molecule has 0 atom stereocenters. The molecule has 0 saturated heterocycles. The molecule has 0 spiro atoms. The van der Waals surface area contributed by atoms with Crippen LogP contribution in [0.15, 0.2) is 48.7 Å². The van der Waals surface area contributed by atoms with Crippen molar-refractivity contribution in [3.8, 4) is 11.3 Å². The van der Waals surface area contributed by atoms with Crippen molar-refractivity contribution >= 4 is 17.6 Å². The van der Waals surface area contributed by atoms with Crippen LogP contribution >= 0.6 is 0 Å². The van der Waals surface area contributed by atoms with Crippen molar-refractivity contribution in [3.05, 3.63) is 65.5 Å². The Hall–Kier alpha value is -2.88. The first-order valence-corrected chi connectivity index (χ1v) is 8.95. The molecule has 2 aromatic heterocycles. The van der Waals surface area contributed by atoms with Gasteiger partial charge in [-0.25, -0.2) is 4.98 Å². The van der Waals surface area contributed by atoms with Crippen LogP contribution < -0.4 is 5.32 Å². The molecule has 0 unspecified atom stereocenters. The number of pyridine rings is 1. The number of hydrogen-bond acceptors (Lipinski definition) is 2. The lowest BCUT2D eigenvalue weighted by Crippen LogP contribution is -2.25. The Balaban J connectivity index is 2.02. The summed E-state index contributed by atoms with van der Waals surface area (Å²) in [6.07, 6.45) is 5.44. The summed E-state index contributed by atoms with van der Waals surface area (Å²) in [4.78, 5) is 16.9. The minimum Gasteiger partial charge on any atom is -0.352 e. The predicted molar refractivity (Wildman–Crippen MR) is 107 cm³/mol. The van der Waals surface area contributed by atoms with Crippen molar-refractivity contribution in [1.29, 1.82) is 0 Å². The summed E-state index contributed by atoms with van der Waals surface area (Å²) in [6, 6.07) is 12.4. The molecule has 1 N–H and O–H groups in total. The Morgan fingerprint density at radius 2 is 1.88 bits per heavy atom. The van der Waals surface area contributed by atoms with E-state index in [2.05, 4.69) is 57.3 Å². The van der Waals surface area contributed by atoms with Gasteiger partial charge in [-0.15, -0.1) is 0 Å². The number of rotatable bonds is 5. The minimum absolute atomic E-state index is 0.0874. The van der Waals surface area contributed by atoms with E-state index in [0.29, 0.717) is 12.5 Å². The summed E-state index contributed by atoms with van der Waals surface area (Å²) in [5.41, 5.74) is 6.07. The van der Waals surface area contributed by atoms with Gasteiger partial charge in [0.2, 0.25) is 5.91 Å². The summed E-state index contributed by atoms with van der Waals surface area (Å²) in [6.45, 7) is 8.94. The average molecular weight is 347 g/mol. The lowest BCUT2D eigenvalue weighted by Gasteiger charge is -2.05. The molecule has 0 radical (unpaired) electrons. The lowest BCUT2D eigenvalue weighted by atomic mass is 10.1. The van der Waals surface area contributed by atoms with Crippen molar-refractivity contribution in [1.82, 2.24) is 14.7 Å². The second-order valence-electron chi connectivity index (χ2n) is 7.12. The Kier molecular flexibility index (Phi) is 5.21. The van der Waals surface area contributed by atoms with Crippen LogP contribution in [0.5, 0.6) is 0 Å². The molecule has 1 amide bonds. The SMILES string of the molecule is Cc1ccc(-c2nc3cc(C)ccn3c2/C=C/C(=O)NCC(C)C)cc1. The molecule has 3 aromatic rings. The number of benzene rings is 1. The molecule has 0 saturated carbocycles. The molecular formula is C22H25N3O. The summed E-state index contributed by atoms with van der Waals surface area (Å²) in [7, 11) is 0. The average Bonchev–Trinajstić information content (AvgIpc) is 2.96. The zero-order chi connectivity index (χ0) is 18.7. The minimum atomic E-state index is -0.0874. The van der Waals surface area contributed by atoms with Gasteiger partial charge in [-0.3, -0.25) is 9.20 Å². The van der Waals surface area contributed by atoms with Gasteiger partial charge in [0.25, 0.3) is 0 Å². The maximum absolute atomic E-state index is 12.1. The second kappa shape index (κ2) is 7.56. The third kappa shape index (κ3) is 4.02. The molecule has 0 aliphatic carbocycles. The number of carbonyl (C=O) groups excluding carboxylic acids is 1. The van der Waals surface area contributed by atoms with Crippen LogP contribution in [0.2, 0.25) is 0 Å². The molecule has 0 bridgehead atoms. The fraction of sp³-hybridized carbons (Fsp3) is 0.273. The summed E-state index contributed by atoms with van der Waals surface area (Å²) < 4.78 is 2.02. The first kappa shape index (κ1) is 17.9. The van der Waals surface area contributed by atoms with E-state index in [1.165, 1.54) is 5.56 Å². The van der Waals surface area contributed by atoms with E-state index < -0.39 is 0 Å². The molecular weight excluding hydrogens is 322 g/mol. The van der Waals surface area contributed by atoms with E-state index >= 15 is 0 Å². The zero-order valence-corrected chi connectivity index (χ0v) is 15.8. The van der Waals surface area contributed by atoms with Crippen molar-refractivity contribution in [2.45, 2.75) is 27.7 Å². The number of aryl methyl sites for hydroxylation is 2. The van der Waals surface area contributed by atoms with Gasteiger partial charge < -0.3 is 5.32 Å². The molecule has 1 aromatic carbocycles. The fourth-order valence-corrected chi connectivity index (χ4v) is 2.77. The van der Waals surface area contributed by atoms with E-state index in [-0.39, 0.29) is 5.91 Å². The molecule has 26 heavy (non-hydrogen) atoms. The summed E-state index contributed by atoms with van der Waals surface area (Å²) >= 11 is 0. The number of imidazole rings is 1. The number of amides is 1. The van der Waals surface area contributed by atoms with Crippen LogP contribution in [0.1, 0.15) is 30.7 Å². The van der Waals surface area contributed by atoms with E-state index in [1.54, 1.807) is 6.08 Å². The number of nitrogens with one attached hydrogen (secondary N) is 1. The number of nitrogens with zero attached hydrogens (tertiary/aromatic N) is 2. The quantitative estimate of drug-likeness (QED) is 0.695. The van der Waals surface area contributed by atoms with Gasteiger partial charge in [-0.05, 0) is 43.5 Å². The first-order chi connectivity index (χ1) is 12.4. The molecule has 3 rings (SSSR count). The third-order valence-electron chi connectivity index (χ3n) is 4.22. The monoisotopic (exact) mass is 347 g/mol. The Bertz CT molecular complexity index is 949. The molecule has 4 nitrogen and oxygen atoms in total. The molecule has 0 aliphatic rings. The fourth-order valence-electron chi connectivity index (χ4n) is 2.77. The van der Waals surface area contributed by atoms with E-state index in [9.17, 15) is 4.79 Å². The van der Waals surface area contributed by atoms with Crippen LogP contribution in [-0.2, 0) is 4.79 Å². The van der Waals surface area contributed by atoms with Gasteiger partial charge in [0.15, 0.2) is 0 Å². The summed E-state index contributed by atoms with van der Waals surface area (Å²) in [5.74, 6) is 0.338. The van der Waals surface area contributed by atoms with Crippen molar-refractivity contribution in [2.24, 2.45) is 5.92 Å². The predicted octanol–water partition coefficient (Wildman–Crippen LogP) is 4.40. The Labute approximate surface area is 154 Å². The number of carbonyl (C=O) groups is 1. The zero-order valence-electron chi connectivity index (χ0n) is 15.8. The highest BCUT2D eigenvalue weighted by molar-refractivity contribution is 5.92. The Morgan fingerprint density at radius 1 is 1.15 bits per heavy atom. The van der Waals surface area contributed by atoms with Gasteiger partial charge in [-0.1, -0.05) is 43.7 Å². The van der Waals surface area contributed by atoms with Crippen LogP contribution in [-0.4, -0.2) is 21.8 Å². The van der Waals surface area contributed by atoms with Crippen LogP contribution in [0, 0.1) is 19.8 Å². The number of aromatic nitrogens is 2. The van der Waals surface area contributed by atoms with E-state index in [0.717, 1.165) is 28.2 Å². The highest BCUT2D eigenvalue weighted by Gasteiger charge is 2.12. The highest BCUT2D eigenvalue weighted by Crippen LogP contribution is 2.26. The van der Waals surface area contributed by atoms with Crippen LogP contribution in [0.25, 0.3) is 23.0 Å². The maximum atomic E-state index is 12.1. The normalized spacial score (nSPS) is 11.6. The van der Waals surface area contributed by atoms with Gasteiger partial charge in [0.1, 0.15) is 5.65 Å². The van der Waals surface area contributed by atoms with Gasteiger partial charge in [0.05, 0.1) is 11.4 Å². The van der Waals surface area contributed by atoms with Crippen molar-refractivity contribution in [2.75, 3.05) is 6.54 Å². The second-order valence-corrected chi connectivity index (χ2v) is 7.12. The van der Waals surface area contributed by atoms with E-state index in [1.807, 2.05) is 28.8 Å². The third-order valence-corrected chi connectivity index (χ3v) is 4.22. The molecule has 0 fully saturated rings. The maximum Gasteiger partial charge on any atom is 0.244 e. The lowest BCUT2D eigenvalue weighted by molar-refractivity contribution is -0.116. The van der Waals surface area contributed by atoms with Crippen molar-refractivity contribution < 1.29 is 4.79 Å². The van der Waals surface area contributed by atoms with Crippen LogP contribution in [0.3, 0.4) is 0 Å². The van der Waals surface area contributed by atoms with Gasteiger partial charge in [0, 0.05) is 24.4 Å². The topological polar surface area (TPSA) is 46.4 Å². The van der Waals surface area contributed by atoms with Gasteiger partial charge in [-0.2, -0.15) is 0 Å². The molecule has 2 heterocycles.